The lowest BCUT2D eigenvalue weighted by Gasteiger charge is -2.26. The maximum Gasteiger partial charge on any atom is 0.254 e. The van der Waals surface area contributed by atoms with Crippen molar-refractivity contribution in [2.45, 2.75) is 25.5 Å². The van der Waals surface area contributed by atoms with Gasteiger partial charge in [-0.15, -0.1) is 0 Å². The summed E-state index contributed by atoms with van der Waals surface area (Å²) in [5.74, 6) is 0.584. The lowest BCUT2D eigenvalue weighted by Crippen LogP contribution is -2.26. The summed E-state index contributed by atoms with van der Waals surface area (Å²) in [5.41, 5.74) is 11.4. The molecule has 5 N–H and O–H groups in total. The Balaban J connectivity index is 1.44. The highest BCUT2D eigenvalue weighted by Crippen LogP contribution is 2.34. The van der Waals surface area contributed by atoms with Gasteiger partial charge in [0.1, 0.15) is 17.1 Å². The van der Waals surface area contributed by atoms with Gasteiger partial charge in [-0.25, -0.2) is 4.98 Å². The number of carbonyl (C=O) groups is 1. The summed E-state index contributed by atoms with van der Waals surface area (Å²) in [6.07, 6.45) is 2.04. The maximum atomic E-state index is 12.2. The molecule has 1 aliphatic rings. The lowest BCUT2D eigenvalue weighted by atomic mass is 9.99. The predicted molar refractivity (Wildman–Crippen MR) is 152 cm³/mol. The first-order valence-electron chi connectivity index (χ1n) is 12.8. The van der Waals surface area contributed by atoms with Crippen LogP contribution in [0.4, 0.5) is 23.1 Å². The van der Waals surface area contributed by atoms with Crippen LogP contribution in [0.1, 0.15) is 38.7 Å². The van der Waals surface area contributed by atoms with E-state index in [9.17, 15) is 9.90 Å². The number of nitrogens with two attached hydrogens (primary N) is 1. The number of nitrogens with zero attached hydrogens (tertiary/aromatic N) is 3. The van der Waals surface area contributed by atoms with Gasteiger partial charge in [0.2, 0.25) is 5.95 Å². The minimum atomic E-state index is -0.692. The van der Waals surface area contributed by atoms with Crippen LogP contribution in [0.25, 0.3) is 0 Å². The van der Waals surface area contributed by atoms with Crippen LogP contribution in [0.2, 0.25) is 0 Å². The van der Waals surface area contributed by atoms with E-state index in [1.807, 2.05) is 54.6 Å². The molecule has 5 rings (SSSR count). The molecule has 0 saturated heterocycles. The molecule has 3 aromatic carbocycles. The number of aliphatic hydroxyl groups excluding tert-OH is 1. The van der Waals surface area contributed by atoms with E-state index in [0.717, 1.165) is 36.3 Å². The average molecular weight is 525 g/mol. The van der Waals surface area contributed by atoms with Crippen molar-refractivity contribution in [3.8, 4) is 5.75 Å². The Bertz CT molecular complexity index is 1480. The number of primary amides is 1. The summed E-state index contributed by atoms with van der Waals surface area (Å²) < 4.78 is 5.64. The van der Waals surface area contributed by atoms with Crippen LogP contribution in [0, 0.1) is 0 Å². The van der Waals surface area contributed by atoms with Gasteiger partial charge in [-0.05, 0) is 53.9 Å². The number of aliphatic hydroxyl groups is 1. The summed E-state index contributed by atoms with van der Waals surface area (Å²) in [7, 11) is 3.73. The van der Waals surface area contributed by atoms with E-state index in [4.69, 9.17) is 10.5 Å². The van der Waals surface area contributed by atoms with Crippen molar-refractivity contribution in [3.05, 3.63) is 101 Å². The molecular formula is C30H32N6O3. The Morgan fingerprint density at radius 3 is 2.62 bits per heavy atom. The number of rotatable bonds is 9. The fourth-order valence-electron chi connectivity index (χ4n) is 4.78. The molecule has 1 aliphatic heterocycles. The third-order valence-corrected chi connectivity index (χ3v) is 6.89. The van der Waals surface area contributed by atoms with Gasteiger partial charge >= 0.3 is 0 Å². The molecule has 1 atom stereocenters. The molecule has 0 spiro atoms. The van der Waals surface area contributed by atoms with Gasteiger partial charge in [-0.3, -0.25) is 4.79 Å². The van der Waals surface area contributed by atoms with Crippen LogP contribution in [0.3, 0.4) is 0 Å². The zero-order valence-corrected chi connectivity index (χ0v) is 22.0. The first kappa shape index (κ1) is 26.1. The molecule has 0 aliphatic carbocycles. The highest BCUT2D eigenvalue weighted by atomic mass is 16.5. The van der Waals surface area contributed by atoms with Gasteiger partial charge in [0, 0.05) is 31.4 Å². The third kappa shape index (κ3) is 6.00. The molecule has 0 bridgehead atoms. The number of likely N-dealkylation sites (N-methyl/N-ethyl adjacent to an activating group) is 1. The number of nitrogens with one attached hydrogen (secondary N) is 2. The number of para-hydroxylation sites is 1. The SMILES string of the molecule is COc1cc2c(cc1Nc1ncc(C(N)=O)c(Nc3ccccc3C[C@@H](O)c3ccccc3)n1)CN(C)CC2. The Hall–Kier alpha value is -4.47. The average Bonchev–Trinajstić information content (AvgIpc) is 2.94. The van der Waals surface area contributed by atoms with Crippen LogP contribution < -0.4 is 21.1 Å². The van der Waals surface area contributed by atoms with Gasteiger partial charge in [-0.2, -0.15) is 4.98 Å². The Morgan fingerprint density at radius 1 is 1.08 bits per heavy atom. The number of fused-ring (bicyclic) bond motifs is 1. The molecule has 0 radical (unpaired) electrons. The molecule has 1 amide bonds. The van der Waals surface area contributed by atoms with Crippen molar-refractivity contribution in [2.24, 2.45) is 5.73 Å². The van der Waals surface area contributed by atoms with Crippen molar-refractivity contribution in [1.29, 1.82) is 0 Å². The second kappa shape index (κ2) is 11.5. The van der Waals surface area contributed by atoms with E-state index in [-0.39, 0.29) is 17.3 Å². The van der Waals surface area contributed by atoms with E-state index in [2.05, 4.69) is 44.7 Å². The molecule has 0 fully saturated rings. The van der Waals surface area contributed by atoms with Crippen LogP contribution in [-0.2, 0) is 19.4 Å². The van der Waals surface area contributed by atoms with Gasteiger partial charge in [0.05, 0.1) is 18.9 Å². The monoisotopic (exact) mass is 524 g/mol. The van der Waals surface area contributed by atoms with E-state index in [1.54, 1.807) is 7.11 Å². The maximum absolute atomic E-state index is 12.2. The van der Waals surface area contributed by atoms with Gasteiger partial charge in [-0.1, -0.05) is 48.5 Å². The standard InChI is InChI=1S/C30H32N6O3/c1-36-13-12-20-16-27(39-2)25(14-22(20)18-36)34-30-32-17-23(28(31)38)29(35-30)33-24-11-7-6-10-21(24)15-26(37)19-8-4-3-5-9-19/h3-11,14,16-17,26,37H,12-13,15,18H2,1-2H3,(H2,31,38)(H2,32,33,34,35)/t26-/m1/s1. The van der Waals surface area contributed by atoms with Gasteiger partial charge in [0.15, 0.2) is 0 Å². The summed E-state index contributed by atoms with van der Waals surface area (Å²) in [4.78, 5) is 23.5. The topological polar surface area (TPSA) is 126 Å². The number of anilines is 4. The zero-order chi connectivity index (χ0) is 27.4. The number of amides is 1. The van der Waals surface area contributed by atoms with E-state index < -0.39 is 12.0 Å². The summed E-state index contributed by atoms with van der Waals surface area (Å²) >= 11 is 0. The molecule has 2 heterocycles. The number of carbonyl (C=O) groups excluding carboxylic acids is 1. The van der Waals surface area contributed by atoms with Crippen molar-refractivity contribution in [2.75, 3.05) is 31.3 Å². The summed E-state index contributed by atoms with van der Waals surface area (Å²) in [6.45, 7) is 1.84. The number of hydrogen-bond donors (Lipinski definition) is 4. The highest BCUT2D eigenvalue weighted by molar-refractivity contribution is 5.98. The fraction of sp³-hybridized carbons (Fsp3) is 0.233. The number of ether oxygens (including phenoxy) is 1. The Labute approximate surface area is 227 Å². The van der Waals surface area contributed by atoms with Crippen LogP contribution >= 0.6 is 0 Å². The van der Waals surface area contributed by atoms with E-state index >= 15 is 0 Å². The molecule has 1 aromatic heterocycles. The Morgan fingerprint density at radius 2 is 1.85 bits per heavy atom. The zero-order valence-electron chi connectivity index (χ0n) is 22.0. The van der Waals surface area contributed by atoms with Gasteiger partial charge in [0.25, 0.3) is 5.91 Å². The molecule has 0 unspecified atom stereocenters. The molecule has 9 heteroatoms. The molecule has 4 aromatic rings. The molecule has 0 saturated carbocycles. The molecular weight excluding hydrogens is 492 g/mol. The third-order valence-electron chi connectivity index (χ3n) is 6.89. The van der Waals surface area contributed by atoms with Crippen LogP contribution in [0.5, 0.6) is 5.75 Å². The predicted octanol–water partition coefficient (Wildman–Crippen LogP) is 4.34. The highest BCUT2D eigenvalue weighted by Gasteiger charge is 2.19. The first-order chi connectivity index (χ1) is 18.9. The number of aromatic nitrogens is 2. The first-order valence-corrected chi connectivity index (χ1v) is 12.8. The van der Waals surface area contributed by atoms with E-state index in [1.165, 1.54) is 17.3 Å². The smallest absolute Gasteiger partial charge is 0.254 e. The van der Waals surface area contributed by atoms with Crippen molar-refractivity contribution in [3.63, 3.8) is 0 Å². The minimum Gasteiger partial charge on any atom is -0.495 e. The number of benzene rings is 3. The second-order valence-corrected chi connectivity index (χ2v) is 9.67. The quantitative estimate of drug-likeness (QED) is 0.255. The van der Waals surface area contributed by atoms with E-state index in [0.29, 0.717) is 17.9 Å². The van der Waals surface area contributed by atoms with Crippen molar-refractivity contribution in [1.82, 2.24) is 14.9 Å². The Kier molecular flexibility index (Phi) is 7.72. The fourth-order valence-corrected chi connectivity index (χ4v) is 4.78. The minimum absolute atomic E-state index is 0.151. The number of methoxy groups -OCH3 is 1. The second-order valence-electron chi connectivity index (χ2n) is 9.67. The van der Waals surface area contributed by atoms with Crippen molar-refractivity contribution >= 4 is 29.0 Å². The number of hydrogen-bond acceptors (Lipinski definition) is 8. The molecule has 9 nitrogen and oxygen atoms in total. The van der Waals surface area contributed by atoms with Crippen molar-refractivity contribution < 1.29 is 14.6 Å². The normalized spacial score (nSPS) is 13.8. The summed E-state index contributed by atoms with van der Waals surface area (Å²) in [5, 5.41) is 17.3. The summed E-state index contributed by atoms with van der Waals surface area (Å²) in [6, 6.07) is 21.2. The largest absolute Gasteiger partial charge is 0.495 e. The van der Waals surface area contributed by atoms with Crippen LogP contribution in [0.15, 0.2) is 72.9 Å². The molecule has 200 valence electrons. The molecule has 39 heavy (non-hydrogen) atoms. The van der Waals surface area contributed by atoms with Gasteiger partial charge < -0.3 is 31.1 Å². The van der Waals surface area contributed by atoms with Crippen LogP contribution in [-0.4, -0.2) is 46.6 Å². The lowest BCUT2D eigenvalue weighted by molar-refractivity contribution is 0.100.